The molecule has 39 heavy (non-hydrogen) atoms. The molecule has 0 N–H and O–H groups in total. The summed E-state index contributed by atoms with van der Waals surface area (Å²) in [5, 5.41) is 0.807. The molecule has 2 fully saturated rings. The minimum absolute atomic E-state index is 0.0433. The smallest absolute Gasteiger partial charge is 0.410 e. The van der Waals surface area contributed by atoms with Gasteiger partial charge in [0, 0.05) is 45.8 Å². The molecule has 2 saturated heterocycles. The van der Waals surface area contributed by atoms with Crippen LogP contribution in [0, 0.1) is 0 Å². The Morgan fingerprint density at radius 2 is 1.87 bits per heavy atom. The number of carbonyl (C=O) groups excluding carboxylic acids is 3. The zero-order valence-corrected chi connectivity index (χ0v) is 24.9. The first-order chi connectivity index (χ1) is 18.2. The first kappa shape index (κ1) is 29.1. The maximum atomic E-state index is 15.4. The van der Waals surface area contributed by atoms with E-state index in [1.807, 2.05) is 35.0 Å². The number of hydrogen-bond donors (Lipinski definition) is 0. The van der Waals surface area contributed by atoms with Crippen LogP contribution in [0.15, 0.2) is 30.5 Å². The van der Waals surface area contributed by atoms with Crippen LogP contribution in [-0.2, 0) is 14.3 Å². The minimum Gasteiger partial charge on any atom is -0.444 e. The van der Waals surface area contributed by atoms with Crippen molar-refractivity contribution in [2.24, 2.45) is 0 Å². The van der Waals surface area contributed by atoms with Gasteiger partial charge in [-0.05, 0) is 51.4 Å². The summed E-state index contributed by atoms with van der Waals surface area (Å²) >= 11 is 0. The van der Waals surface area contributed by atoms with Gasteiger partial charge in [0.25, 0.3) is 0 Å². The molecule has 2 aromatic rings. The molecule has 0 saturated carbocycles. The zero-order chi connectivity index (χ0) is 28.5. The number of imide groups is 1. The second kappa shape index (κ2) is 11.3. The molecule has 11 heteroatoms. The highest BCUT2D eigenvalue weighted by atomic mass is 28.3. The number of halogens is 1. The zero-order valence-electron chi connectivity index (χ0n) is 23.9. The maximum Gasteiger partial charge on any atom is 0.410 e. The molecule has 0 aliphatic carbocycles. The lowest BCUT2D eigenvalue weighted by Gasteiger charge is -2.36. The van der Waals surface area contributed by atoms with Crippen molar-refractivity contribution in [3.05, 3.63) is 30.5 Å². The number of aromatic nitrogens is 1. The number of piperidine rings is 1. The van der Waals surface area contributed by atoms with E-state index in [2.05, 4.69) is 19.6 Å². The Morgan fingerprint density at radius 3 is 2.54 bits per heavy atom. The van der Waals surface area contributed by atoms with Gasteiger partial charge in [0.05, 0.1) is 23.8 Å². The molecule has 1 aromatic heterocycles. The Kier molecular flexibility index (Phi) is 8.41. The molecular weight excluding hydrogens is 519 g/mol. The quantitative estimate of drug-likeness (QED) is 0.324. The van der Waals surface area contributed by atoms with Gasteiger partial charge in [-0.25, -0.2) is 18.9 Å². The molecule has 0 spiro atoms. The van der Waals surface area contributed by atoms with E-state index in [0.717, 1.165) is 16.9 Å². The summed E-state index contributed by atoms with van der Waals surface area (Å²) < 4.78 is 28.5. The largest absolute Gasteiger partial charge is 0.444 e. The predicted octanol–water partition coefficient (Wildman–Crippen LogP) is 5.63. The number of rotatable bonds is 7. The molecule has 9 nitrogen and oxygen atoms in total. The number of likely N-dealkylation sites (tertiary alicyclic amines) is 1. The van der Waals surface area contributed by atoms with Crippen LogP contribution in [0.2, 0.25) is 25.7 Å². The highest BCUT2D eigenvalue weighted by Gasteiger charge is 2.37. The summed E-state index contributed by atoms with van der Waals surface area (Å²) in [4.78, 5) is 42.6. The summed E-state index contributed by atoms with van der Waals surface area (Å²) in [5.74, 6) is -0.244. The lowest BCUT2D eigenvalue weighted by molar-refractivity contribution is -0.133. The summed E-state index contributed by atoms with van der Waals surface area (Å²) in [5.41, 5.74) is 0.838. The van der Waals surface area contributed by atoms with Crippen LogP contribution in [0.25, 0.3) is 10.9 Å². The number of nitrogens with zero attached hydrogens (tertiary/aromatic N) is 4. The van der Waals surface area contributed by atoms with E-state index < -0.39 is 38.0 Å². The third kappa shape index (κ3) is 6.81. The molecule has 2 aliphatic rings. The third-order valence-electron chi connectivity index (χ3n) is 7.08. The van der Waals surface area contributed by atoms with Crippen molar-refractivity contribution in [2.45, 2.75) is 77.1 Å². The Balaban J connectivity index is 1.49. The molecule has 0 bridgehead atoms. The van der Waals surface area contributed by atoms with Crippen molar-refractivity contribution in [1.29, 1.82) is 0 Å². The van der Waals surface area contributed by atoms with Crippen molar-refractivity contribution in [3.8, 4) is 0 Å². The number of hydrogen-bond acceptors (Lipinski definition) is 5. The van der Waals surface area contributed by atoms with Gasteiger partial charge >= 0.3 is 12.1 Å². The van der Waals surface area contributed by atoms with Crippen molar-refractivity contribution < 1.29 is 28.2 Å². The molecule has 1 aromatic carbocycles. The Bertz CT molecular complexity index is 1220. The molecule has 2 aliphatic heterocycles. The molecular formula is C28H41FN4O5Si. The fourth-order valence-corrected chi connectivity index (χ4v) is 5.73. The van der Waals surface area contributed by atoms with E-state index in [1.54, 1.807) is 25.7 Å². The van der Waals surface area contributed by atoms with E-state index in [-0.39, 0.29) is 32.1 Å². The summed E-state index contributed by atoms with van der Waals surface area (Å²) in [6.45, 7) is 13.2. The van der Waals surface area contributed by atoms with Gasteiger partial charge in [-0.3, -0.25) is 9.69 Å². The van der Waals surface area contributed by atoms with Gasteiger partial charge in [0.15, 0.2) is 0 Å². The molecule has 4 amide bonds. The van der Waals surface area contributed by atoms with Crippen LogP contribution in [-0.4, -0.2) is 85.2 Å². The van der Waals surface area contributed by atoms with Gasteiger partial charge < -0.3 is 18.9 Å². The fourth-order valence-electron chi connectivity index (χ4n) is 4.97. The number of benzene rings is 1. The highest BCUT2D eigenvalue weighted by Crippen LogP contribution is 2.35. The van der Waals surface area contributed by atoms with Crippen molar-refractivity contribution >= 4 is 42.7 Å². The molecule has 2 atom stereocenters. The fraction of sp³-hybridized carbons (Fsp3) is 0.607. The van der Waals surface area contributed by atoms with E-state index in [4.69, 9.17) is 9.47 Å². The number of amides is 4. The number of fused-ring (bicyclic) bond motifs is 1. The third-order valence-corrected chi connectivity index (χ3v) is 8.78. The predicted molar refractivity (Wildman–Crippen MR) is 151 cm³/mol. The lowest BCUT2D eigenvalue weighted by Crippen LogP contribution is -2.53. The first-order valence-electron chi connectivity index (χ1n) is 13.7. The number of ether oxygens (including phenoxy) is 2. The van der Waals surface area contributed by atoms with Gasteiger partial charge in [0.1, 0.15) is 18.5 Å². The molecule has 214 valence electrons. The van der Waals surface area contributed by atoms with Crippen LogP contribution >= 0.6 is 0 Å². The van der Waals surface area contributed by atoms with Crippen LogP contribution in [0.3, 0.4) is 0 Å². The van der Waals surface area contributed by atoms with E-state index >= 15 is 4.39 Å². The maximum absolute atomic E-state index is 15.4. The minimum atomic E-state index is -1.29. The molecule has 0 unspecified atom stereocenters. The summed E-state index contributed by atoms with van der Waals surface area (Å²) in [6, 6.07) is 7.57. The highest BCUT2D eigenvalue weighted by molar-refractivity contribution is 6.76. The SMILES string of the molecule is CC(C)(C)OC(=O)N1CC[C@H](n2ccc3c(N4CCC(=O)N(COCC[Si](C)(C)C)C4=O)cccc32)[C@H](F)C1. The Hall–Kier alpha value is -2.92. The Labute approximate surface area is 230 Å². The summed E-state index contributed by atoms with van der Waals surface area (Å²) in [6.07, 6.45) is 0.703. The standard InChI is InChI=1S/C28H41FN4O5Si/c1-28(2,3)38-27(36)30-13-11-24(21(29)18-30)31-14-10-20-22(31)8-7-9-23(20)32-15-12-25(34)33(26(32)35)19-37-16-17-39(4,5)6/h7-10,14,21,24H,11-13,15-19H2,1-6H3/t21-,24+/m1/s1. The first-order valence-corrected chi connectivity index (χ1v) is 17.4. The van der Waals surface area contributed by atoms with Crippen LogP contribution < -0.4 is 4.90 Å². The second-order valence-electron chi connectivity index (χ2n) is 12.6. The van der Waals surface area contributed by atoms with E-state index in [1.165, 1.54) is 9.80 Å². The molecule has 3 heterocycles. The number of carbonyl (C=O) groups is 3. The monoisotopic (exact) mass is 560 g/mol. The normalized spacial score (nSPS) is 21.2. The molecule has 4 rings (SSSR count). The van der Waals surface area contributed by atoms with E-state index in [0.29, 0.717) is 25.3 Å². The van der Waals surface area contributed by atoms with Gasteiger partial charge in [-0.2, -0.15) is 0 Å². The van der Waals surface area contributed by atoms with Crippen LogP contribution in [0.5, 0.6) is 0 Å². The van der Waals surface area contributed by atoms with Crippen LogP contribution in [0.4, 0.5) is 19.7 Å². The average molecular weight is 561 g/mol. The van der Waals surface area contributed by atoms with Crippen molar-refractivity contribution in [3.63, 3.8) is 0 Å². The molecule has 0 radical (unpaired) electrons. The van der Waals surface area contributed by atoms with Gasteiger partial charge in [-0.15, -0.1) is 0 Å². The topological polar surface area (TPSA) is 84.3 Å². The lowest BCUT2D eigenvalue weighted by atomic mass is 10.0. The number of urea groups is 1. The second-order valence-corrected chi connectivity index (χ2v) is 18.2. The average Bonchev–Trinajstić information content (AvgIpc) is 3.26. The van der Waals surface area contributed by atoms with E-state index in [9.17, 15) is 14.4 Å². The number of alkyl halides is 1. The van der Waals surface area contributed by atoms with Gasteiger partial charge in [0.2, 0.25) is 5.91 Å². The summed E-state index contributed by atoms with van der Waals surface area (Å²) in [7, 11) is -1.29. The van der Waals surface area contributed by atoms with Crippen molar-refractivity contribution in [2.75, 3.05) is 37.9 Å². The Morgan fingerprint density at radius 1 is 1.13 bits per heavy atom. The number of anilines is 1. The van der Waals surface area contributed by atoms with Gasteiger partial charge in [-0.1, -0.05) is 25.7 Å². The van der Waals surface area contributed by atoms with Crippen molar-refractivity contribution in [1.82, 2.24) is 14.4 Å². The van der Waals surface area contributed by atoms with Crippen LogP contribution in [0.1, 0.15) is 39.7 Å².